The van der Waals surface area contributed by atoms with Gasteiger partial charge in [0.05, 0.1) is 22.5 Å². The molecule has 1 saturated heterocycles. The number of sulfone groups is 2. The van der Waals surface area contributed by atoms with Gasteiger partial charge in [-0.25, -0.2) is 16.8 Å². The Morgan fingerprint density at radius 1 is 1.11 bits per heavy atom. The topological polar surface area (TPSA) is 80.3 Å². The molecule has 1 heterocycles. The number of hydrogen-bond donors (Lipinski definition) is 1. The summed E-state index contributed by atoms with van der Waals surface area (Å²) in [5.41, 5.74) is 0. The quantitative estimate of drug-likeness (QED) is 0.779. The fraction of sp³-hybridized carbons (Fsp3) is 1.00. The normalized spacial score (nSPS) is 28.8. The van der Waals surface area contributed by atoms with Crippen molar-refractivity contribution in [3.8, 4) is 0 Å². The Bertz CT molecular complexity index is 477. The van der Waals surface area contributed by atoms with E-state index in [0.717, 1.165) is 25.7 Å². The van der Waals surface area contributed by atoms with Crippen molar-refractivity contribution in [1.82, 2.24) is 5.32 Å². The van der Waals surface area contributed by atoms with E-state index < -0.39 is 19.7 Å². The molecule has 2 rings (SSSR count). The maximum absolute atomic E-state index is 12.0. The second kappa shape index (κ2) is 5.46. The van der Waals surface area contributed by atoms with E-state index in [0.29, 0.717) is 13.0 Å². The van der Waals surface area contributed by atoms with E-state index in [1.807, 2.05) is 0 Å². The van der Waals surface area contributed by atoms with Crippen LogP contribution in [0.5, 0.6) is 0 Å². The Balaban J connectivity index is 1.75. The van der Waals surface area contributed by atoms with Crippen LogP contribution in [0, 0.1) is 0 Å². The molecule has 18 heavy (non-hydrogen) atoms. The second-order valence-corrected chi connectivity index (χ2v) is 9.96. The predicted octanol–water partition coefficient (Wildman–Crippen LogP) is 0.121. The van der Waals surface area contributed by atoms with Gasteiger partial charge in [0, 0.05) is 12.6 Å². The minimum Gasteiger partial charge on any atom is -0.312 e. The van der Waals surface area contributed by atoms with Crippen molar-refractivity contribution in [2.75, 3.05) is 23.8 Å². The van der Waals surface area contributed by atoms with Crippen LogP contribution < -0.4 is 5.32 Å². The van der Waals surface area contributed by atoms with Crippen LogP contribution in [0.3, 0.4) is 0 Å². The molecule has 5 nitrogen and oxygen atoms in total. The molecule has 1 atom stereocenters. The van der Waals surface area contributed by atoms with Gasteiger partial charge in [0.15, 0.2) is 19.7 Å². The minimum absolute atomic E-state index is 0.0613. The molecule has 0 bridgehead atoms. The zero-order valence-corrected chi connectivity index (χ0v) is 12.1. The first-order valence-corrected chi connectivity index (χ1v) is 10.1. The van der Waals surface area contributed by atoms with Crippen molar-refractivity contribution in [1.29, 1.82) is 0 Å². The lowest BCUT2D eigenvalue weighted by Crippen LogP contribution is -2.35. The molecule has 1 unspecified atom stereocenters. The van der Waals surface area contributed by atoms with Gasteiger partial charge >= 0.3 is 0 Å². The molecule has 0 spiro atoms. The molecule has 1 saturated carbocycles. The van der Waals surface area contributed by atoms with E-state index in [1.165, 1.54) is 0 Å². The van der Waals surface area contributed by atoms with Gasteiger partial charge in [0.1, 0.15) is 0 Å². The lowest BCUT2D eigenvalue weighted by molar-refractivity contribution is 0.553. The highest BCUT2D eigenvalue weighted by Gasteiger charge is 2.30. The van der Waals surface area contributed by atoms with Crippen LogP contribution in [0.4, 0.5) is 0 Å². The SMILES string of the molecule is O=S1(=O)CCC(NCCS(=O)(=O)C2CCCC2)C1. The van der Waals surface area contributed by atoms with Crippen LogP contribution in [0.15, 0.2) is 0 Å². The predicted molar refractivity (Wildman–Crippen MR) is 71.1 cm³/mol. The smallest absolute Gasteiger partial charge is 0.154 e. The third-order valence-electron chi connectivity index (χ3n) is 3.86. The first-order chi connectivity index (χ1) is 8.39. The molecule has 0 amide bonds. The van der Waals surface area contributed by atoms with E-state index in [2.05, 4.69) is 5.32 Å². The van der Waals surface area contributed by atoms with Crippen LogP contribution in [0.2, 0.25) is 0 Å². The van der Waals surface area contributed by atoms with Crippen molar-refractivity contribution in [2.45, 2.75) is 43.4 Å². The summed E-state index contributed by atoms with van der Waals surface area (Å²) in [6.07, 6.45) is 4.21. The standard InChI is InChI=1S/C11H21NO4S2/c13-17(14)7-5-10(9-17)12-6-8-18(15,16)11-3-1-2-4-11/h10-12H,1-9H2. The Hall–Kier alpha value is -0.140. The monoisotopic (exact) mass is 295 g/mol. The molecule has 2 aliphatic rings. The molecule has 106 valence electrons. The molecule has 7 heteroatoms. The van der Waals surface area contributed by atoms with Crippen LogP contribution in [0.25, 0.3) is 0 Å². The lowest BCUT2D eigenvalue weighted by Gasteiger charge is -2.13. The fourth-order valence-corrected chi connectivity index (χ4v) is 6.27. The molecular formula is C11H21NO4S2. The van der Waals surface area contributed by atoms with E-state index in [4.69, 9.17) is 0 Å². The molecule has 0 aromatic heterocycles. The third kappa shape index (κ3) is 3.68. The zero-order valence-electron chi connectivity index (χ0n) is 10.5. The Kier molecular flexibility index (Phi) is 4.33. The summed E-state index contributed by atoms with van der Waals surface area (Å²) in [5.74, 6) is 0.505. The largest absolute Gasteiger partial charge is 0.312 e. The lowest BCUT2D eigenvalue weighted by atomic mass is 10.3. The summed E-state index contributed by atoms with van der Waals surface area (Å²) >= 11 is 0. The summed E-state index contributed by atoms with van der Waals surface area (Å²) in [5, 5.41) is 2.90. The van der Waals surface area contributed by atoms with Gasteiger partial charge in [0.25, 0.3) is 0 Å². The summed E-state index contributed by atoms with van der Waals surface area (Å²) in [6, 6.07) is -0.0613. The van der Waals surface area contributed by atoms with E-state index in [-0.39, 0.29) is 28.6 Å². The van der Waals surface area contributed by atoms with Crippen molar-refractivity contribution in [2.24, 2.45) is 0 Å². The van der Waals surface area contributed by atoms with Gasteiger partial charge < -0.3 is 5.32 Å². The molecule has 1 aliphatic heterocycles. The highest BCUT2D eigenvalue weighted by atomic mass is 32.2. The molecule has 1 aliphatic carbocycles. The van der Waals surface area contributed by atoms with Crippen LogP contribution in [0.1, 0.15) is 32.1 Å². The van der Waals surface area contributed by atoms with Crippen molar-refractivity contribution in [3.63, 3.8) is 0 Å². The fourth-order valence-electron chi connectivity index (χ4n) is 2.78. The Morgan fingerprint density at radius 3 is 2.33 bits per heavy atom. The minimum atomic E-state index is -2.99. The van der Waals surface area contributed by atoms with Gasteiger partial charge in [-0.1, -0.05) is 12.8 Å². The summed E-state index contributed by atoms with van der Waals surface area (Å²) in [7, 11) is -5.88. The number of rotatable bonds is 5. The number of nitrogens with one attached hydrogen (secondary N) is 1. The third-order valence-corrected chi connectivity index (χ3v) is 7.89. The molecule has 0 aromatic carbocycles. The zero-order chi connectivity index (χ0) is 13.2. The first-order valence-electron chi connectivity index (χ1n) is 6.54. The Labute approximate surface area is 109 Å². The van der Waals surface area contributed by atoms with E-state index in [9.17, 15) is 16.8 Å². The van der Waals surface area contributed by atoms with Gasteiger partial charge in [0.2, 0.25) is 0 Å². The van der Waals surface area contributed by atoms with E-state index in [1.54, 1.807) is 0 Å². The maximum atomic E-state index is 12.0. The van der Waals surface area contributed by atoms with Crippen molar-refractivity contribution in [3.05, 3.63) is 0 Å². The van der Waals surface area contributed by atoms with Crippen LogP contribution >= 0.6 is 0 Å². The summed E-state index contributed by atoms with van der Waals surface area (Å²) in [4.78, 5) is 0. The van der Waals surface area contributed by atoms with Gasteiger partial charge in [-0.2, -0.15) is 0 Å². The van der Waals surface area contributed by atoms with E-state index >= 15 is 0 Å². The summed E-state index contributed by atoms with van der Waals surface area (Å²) < 4.78 is 46.5. The van der Waals surface area contributed by atoms with Crippen molar-refractivity contribution >= 4 is 19.7 Å². The van der Waals surface area contributed by atoms with Crippen LogP contribution in [-0.2, 0) is 19.7 Å². The molecule has 0 aromatic rings. The Morgan fingerprint density at radius 2 is 1.78 bits per heavy atom. The first kappa shape index (κ1) is 14.3. The average molecular weight is 295 g/mol. The van der Waals surface area contributed by atoms with Crippen molar-refractivity contribution < 1.29 is 16.8 Å². The van der Waals surface area contributed by atoms with Gasteiger partial charge in [-0.05, 0) is 19.3 Å². The van der Waals surface area contributed by atoms with Gasteiger partial charge in [-0.15, -0.1) is 0 Å². The number of hydrogen-bond acceptors (Lipinski definition) is 5. The molecule has 0 radical (unpaired) electrons. The molecular weight excluding hydrogens is 274 g/mol. The highest BCUT2D eigenvalue weighted by molar-refractivity contribution is 7.92. The molecule has 1 N–H and O–H groups in total. The molecule has 2 fully saturated rings. The summed E-state index contributed by atoms with van der Waals surface area (Å²) in [6.45, 7) is 0.374. The second-order valence-electron chi connectivity index (χ2n) is 5.33. The average Bonchev–Trinajstić information content (AvgIpc) is 2.87. The van der Waals surface area contributed by atoms with Gasteiger partial charge in [-0.3, -0.25) is 0 Å². The highest BCUT2D eigenvalue weighted by Crippen LogP contribution is 2.25. The van der Waals surface area contributed by atoms with Crippen LogP contribution in [-0.4, -0.2) is 51.9 Å². The maximum Gasteiger partial charge on any atom is 0.154 e.